The second-order valence-electron chi connectivity index (χ2n) is 3.40. The van der Waals surface area contributed by atoms with Crippen LogP contribution in [0.3, 0.4) is 0 Å². The highest BCUT2D eigenvalue weighted by Gasteiger charge is 2.15. The van der Waals surface area contributed by atoms with Gasteiger partial charge in [-0.2, -0.15) is 0 Å². The summed E-state index contributed by atoms with van der Waals surface area (Å²) in [5.41, 5.74) is 0. The van der Waals surface area contributed by atoms with Crippen LogP contribution in [-0.4, -0.2) is 26.2 Å². The van der Waals surface area contributed by atoms with E-state index in [4.69, 9.17) is 5.11 Å². The summed E-state index contributed by atoms with van der Waals surface area (Å²) in [5, 5.41) is 8.99. The van der Waals surface area contributed by atoms with E-state index in [-0.39, 0.29) is 6.54 Å². The molecule has 0 aliphatic carbocycles. The number of thiophene rings is 1. The molecule has 1 rings (SSSR count). The average molecular weight is 249 g/mol. The maximum atomic E-state index is 11.6. The van der Waals surface area contributed by atoms with Gasteiger partial charge in [-0.1, -0.05) is 0 Å². The molecule has 1 heterocycles. The molecule has 1 unspecified atom stereocenters. The van der Waals surface area contributed by atoms with Gasteiger partial charge < -0.3 is 5.11 Å². The van der Waals surface area contributed by atoms with Crippen molar-refractivity contribution >= 4 is 21.4 Å². The topological polar surface area (TPSA) is 66.4 Å². The molecule has 0 bridgehead atoms. The van der Waals surface area contributed by atoms with E-state index in [0.717, 1.165) is 4.88 Å². The van der Waals surface area contributed by atoms with E-state index < -0.39 is 16.1 Å². The first-order valence-corrected chi connectivity index (χ1v) is 6.96. The summed E-state index contributed by atoms with van der Waals surface area (Å²) in [6, 6.07) is 3.36. The van der Waals surface area contributed by atoms with Gasteiger partial charge in [0.05, 0.1) is 6.10 Å². The number of hydrogen-bond acceptors (Lipinski definition) is 4. The number of rotatable bonds is 5. The molecule has 1 aromatic heterocycles. The minimum Gasteiger partial charge on any atom is -0.393 e. The summed E-state index contributed by atoms with van der Waals surface area (Å²) in [6.45, 7) is 3.75. The van der Waals surface area contributed by atoms with E-state index in [1.165, 1.54) is 11.3 Å². The van der Waals surface area contributed by atoms with E-state index in [2.05, 4.69) is 4.72 Å². The zero-order chi connectivity index (χ0) is 11.5. The summed E-state index contributed by atoms with van der Waals surface area (Å²) in [4.78, 5) is 0.964. The standard InChI is InChI=1S/C9H15NO3S2/c1-7(11)5-6-10-15(12,13)9-4-3-8(2)14-9/h3-4,7,10-11H,5-6H2,1-2H3. The lowest BCUT2D eigenvalue weighted by Crippen LogP contribution is -2.26. The molecule has 0 aromatic carbocycles. The van der Waals surface area contributed by atoms with Gasteiger partial charge in [0, 0.05) is 11.4 Å². The predicted octanol–water partition coefficient (Wildman–Crippen LogP) is 1.11. The van der Waals surface area contributed by atoms with Crippen molar-refractivity contribution < 1.29 is 13.5 Å². The lowest BCUT2D eigenvalue weighted by molar-refractivity contribution is 0.186. The van der Waals surface area contributed by atoms with E-state index in [9.17, 15) is 8.42 Å². The van der Waals surface area contributed by atoms with Crippen LogP contribution in [0.25, 0.3) is 0 Å². The monoisotopic (exact) mass is 249 g/mol. The molecule has 0 fully saturated rings. The Labute approximate surface area is 94.0 Å². The van der Waals surface area contributed by atoms with Gasteiger partial charge in [0.25, 0.3) is 0 Å². The first kappa shape index (κ1) is 12.6. The Hall–Kier alpha value is -0.430. The van der Waals surface area contributed by atoms with Crippen molar-refractivity contribution in [2.24, 2.45) is 0 Å². The minimum absolute atomic E-state index is 0.261. The molecule has 0 aliphatic heterocycles. The Morgan fingerprint density at radius 1 is 1.53 bits per heavy atom. The zero-order valence-corrected chi connectivity index (χ0v) is 10.4. The summed E-state index contributed by atoms with van der Waals surface area (Å²) in [6.07, 6.45) is -0.0679. The van der Waals surface area contributed by atoms with Crippen LogP contribution >= 0.6 is 11.3 Å². The first-order valence-electron chi connectivity index (χ1n) is 4.66. The molecule has 0 saturated carbocycles. The van der Waals surface area contributed by atoms with Crippen LogP contribution in [0.5, 0.6) is 0 Å². The fourth-order valence-electron chi connectivity index (χ4n) is 1.03. The highest BCUT2D eigenvalue weighted by Crippen LogP contribution is 2.20. The summed E-state index contributed by atoms with van der Waals surface area (Å²) in [5.74, 6) is 0. The molecule has 0 spiro atoms. The van der Waals surface area contributed by atoms with Crippen molar-refractivity contribution in [3.05, 3.63) is 17.0 Å². The van der Waals surface area contributed by atoms with Gasteiger partial charge in [0.2, 0.25) is 10.0 Å². The van der Waals surface area contributed by atoms with Gasteiger partial charge in [0.1, 0.15) is 4.21 Å². The molecule has 15 heavy (non-hydrogen) atoms. The molecule has 86 valence electrons. The second-order valence-corrected chi connectivity index (χ2v) is 6.68. The molecule has 4 nitrogen and oxygen atoms in total. The number of aliphatic hydroxyl groups is 1. The van der Waals surface area contributed by atoms with Gasteiger partial charge in [-0.05, 0) is 32.4 Å². The summed E-state index contributed by atoms with van der Waals surface area (Å²) in [7, 11) is -3.38. The SMILES string of the molecule is Cc1ccc(S(=O)(=O)NCCC(C)O)s1. The van der Waals surface area contributed by atoms with Crippen LogP contribution in [0, 0.1) is 6.92 Å². The van der Waals surface area contributed by atoms with Crippen molar-refractivity contribution in [2.75, 3.05) is 6.54 Å². The molecule has 2 N–H and O–H groups in total. The Kier molecular flexibility index (Phi) is 4.27. The van der Waals surface area contributed by atoms with Crippen LogP contribution < -0.4 is 4.72 Å². The third-order valence-electron chi connectivity index (χ3n) is 1.83. The predicted molar refractivity (Wildman–Crippen MR) is 60.5 cm³/mol. The molecule has 0 aliphatic rings. The van der Waals surface area contributed by atoms with Crippen molar-refractivity contribution in [2.45, 2.75) is 30.6 Å². The highest BCUT2D eigenvalue weighted by molar-refractivity contribution is 7.91. The van der Waals surface area contributed by atoms with Crippen LogP contribution in [0.15, 0.2) is 16.3 Å². The van der Waals surface area contributed by atoms with Gasteiger partial charge in [-0.15, -0.1) is 11.3 Å². The van der Waals surface area contributed by atoms with Crippen molar-refractivity contribution in [1.29, 1.82) is 0 Å². The maximum Gasteiger partial charge on any atom is 0.250 e. The average Bonchev–Trinajstić information content (AvgIpc) is 2.51. The largest absolute Gasteiger partial charge is 0.393 e. The first-order chi connectivity index (χ1) is 6.92. The van der Waals surface area contributed by atoms with Crippen LogP contribution in [0.1, 0.15) is 18.2 Å². The van der Waals surface area contributed by atoms with Gasteiger partial charge in [0.15, 0.2) is 0 Å². The van der Waals surface area contributed by atoms with Crippen molar-refractivity contribution in [3.63, 3.8) is 0 Å². The van der Waals surface area contributed by atoms with E-state index in [1.54, 1.807) is 19.1 Å². The smallest absolute Gasteiger partial charge is 0.250 e. The molecule has 1 aromatic rings. The molecular formula is C9H15NO3S2. The van der Waals surface area contributed by atoms with E-state index >= 15 is 0 Å². The van der Waals surface area contributed by atoms with Crippen LogP contribution in [-0.2, 0) is 10.0 Å². The van der Waals surface area contributed by atoms with E-state index in [1.807, 2.05) is 6.92 Å². The maximum absolute atomic E-state index is 11.6. The third-order valence-corrected chi connectivity index (χ3v) is 4.79. The molecular weight excluding hydrogens is 234 g/mol. The highest BCUT2D eigenvalue weighted by atomic mass is 32.2. The van der Waals surface area contributed by atoms with Crippen molar-refractivity contribution in [3.8, 4) is 0 Å². The Morgan fingerprint density at radius 2 is 2.20 bits per heavy atom. The van der Waals surface area contributed by atoms with Crippen LogP contribution in [0.2, 0.25) is 0 Å². The Morgan fingerprint density at radius 3 is 2.67 bits per heavy atom. The minimum atomic E-state index is -3.38. The molecule has 0 amide bonds. The number of nitrogens with one attached hydrogen (secondary N) is 1. The molecule has 6 heteroatoms. The number of aliphatic hydroxyl groups excluding tert-OH is 1. The zero-order valence-electron chi connectivity index (χ0n) is 8.73. The molecule has 1 atom stereocenters. The van der Waals surface area contributed by atoms with E-state index in [0.29, 0.717) is 10.6 Å². The number of aryl methyl sites for hydroxylation is 1. The lowest BCUT2D eigenvalue weighted by atomic mass is 10.3. The van der Waals surface area contributed by atoms with Gasteiger partial charge in [-0.25, -0.2) is 13.1 Å². The molecule has 0 radical (unpaired) electrons. The Balaban J connectivity index is 2.60. The van der Waals surface area contributed by atoms with Gasteiger partial charge in [-0.3, -0.25) is 0 Å². The fraction of sp³-hybridized carbons (Fsp3) is 0.556. The normalized spacial score (nSPS) is 14.1. The fourth-order valence-corrected chi connectivity index (χ4v) is 3.41. The third kappa shape index (κ3) is 3.90. The van der Waals surface area contributed by atoms with Crippen LogP contribution in [0.4, 0.5) is 0 Å². The quantitative estimate of drug-likeness (QED) is 0.821. The number of hydrogen-bond donors (Lipinski definition) is 2. The van der Waals surface area contributed by atoms with Crippen molar-refractivity contribution in [1.82, 2.24) is 4.72 Å². The summed E-state index contributed by atoms with van der Waals surface area (Å²) < 4.78 is 26.1. The second kappa shape index (κ2) is 5.07. The lowest BCUT2D eigenvalue weighted by Gasteiger charge is -2.05. The van der Waals surface area contributed by atoms with Gasteiger partial charge >= 0.3 is 0 Å². The Bertz CT molecular complexity index is 409. The summed E-state index contributed by atoms with van der Waals surface area (Å²) >= 11 is 1.24. The molecule has 0 saturated heterocycles. The number of sulfonamides is 1.